The lowest BCUT2D eigenvalue weighted by Crippen LogP contribution is -2.47. The van der Waals surface area contributed by atoms with Gasteiger partial charge >= 0.3 is 0 Å². The Morgan fingerprint density at radius 1 is 1.35 bits per heavy atom. The van der Waals surface area contributed by atoms with Crippen molar-refractivity contribution in [3.8, 4) is 0 Å². The Morgan fingerprint density at radius 2 is 1.95 bits per heavy atom. The molecule has 0 spiro atoms. The second kappa shape index (κ2) is 6.37. The number of likely N-dealkylation sites (N-methyl/N-ethyl adjacent to an activating group) is 1. The molecule has 1 aromatic carbocycles. The fourth-order valence-electron chi connectivity index (χ4n) is 2.76. The van der Waals surface area contributed by atoms with Crippen LogP contribution in [-0.2, 0) is 4.79 Å². The van der Waals surface area contributed by atoms with Gasteiger partial charge in [0.25, 0.3) is 0 Å². The Hall–Kier alpha value is -1.39. The number of carbonyl (C=O) groups excluding carboxylic acids is 1. The summed E-state index contributed by atoms with van der Waals surface area (Å²) in [7, 11) is 1.89. The monoisotopic (exact) mass is 276 g/mol. The fourth-order valence-corrected chi connectivity index (χ4v) is 2.76. The number of nitrogens with one attached hydrogen (secondary N) is 1. The number of anilines is 1. The van der Waals surface area contributed by atoms with Crippen LogP contribution in [-0.4, -0.2) is 41.1 Å². The lowest BCUT2D eigenvalue weighted by molar-refractivity contribution is -0.121. The van der Waals surface area contributed by atoms with Crippen molar-refractivity contribution in [2.75, 3.05) is 18.9 Å². The molecule has 0 heterocycles. The molecular formula is C16H24N2O2. The Labute approximate surface area is 120 Å². The number of carbonyl (C=O) groups is 1. The zero-order valence-corrected chi connectivity index (χ0v) is 12.3. The van der Waals surface area contributed by atoms with Crippen LogP contribution in [0.1, 0.15) is 32.6 Å². The number of nitrogens with zero attached hydrogens (tertiary/aromatic N) is 1. The average molecular weight is 276 g/mol. The average Bonchev–Trinajstić information content (AvgIpc) is 2.85. The molecule has 0 bridgehead atoms. The molecule has 2 N–H and O–H groups in total. The molecule has 1 aromatic rings. The molecule has 4 heteroatoms. The maximum Gasteiger partial charge on any atom is 0.241 e. The summed E-state index contributed by atoms with van der Waals surface area (Å²) in [5.74, 6) is -0.0414. The molecule has 110 valence electrons. The molecule has 1 amide bonds. The molecule has 0 aromatic heterocycles. The van der Waals surface area contributed by atoms with E-state index in [0.29, 0.717) is 6.54 Å². The Balaban J connectivity index is 1.89. The molecule has 0 saturated heterocycles. The van der Waals surface area contributed by atoms with Gasteiger partial charge < -0.3 is 10.4 Å². The van der Waals surface area contributed by atoms with Gasteiger partial charge in [-0.2, -0.15) is 0 Å². The largest absolute Gasteiger partial charge is 0.389 e. The first-order valence-electron chi connectivity index (χ1n) is 7.29. The van der Waals surface area contributed by atoms with E-state index in [-0.39, 0.29) is 11.9 Å². The highest BCUT2D eigenvalue weighted by Gasteiger charge is 2.34. The van der Waals surface area contributed by atoms with Gasteiger partial charge in [-0.05, 0) is 38.9 Å². The predicted molar refractivity (Wildman–Crippen MR) is 80.6 cm³/mol. The predicted octanol–water partition coefficient (Wildman–Crippen LogP) is 2.25. The first kappa shape index (κ1) is 15.0. The first-order chi connectivity index (χ1) is 9.50. The fraction of sp³-hybridized carbons (Fsp3) is 0.562. The summed E-state index contributed by atoms with van der Waals surface area (Å²) in [6.45, 7) is 2.42. The van der Waals surface area contributed by atoms with Crippen molar-refractivity contribution in [2.45, 2.75) is 44.2 Å². The van der Waals surface area contributed by atoms with Gasteiger partial charge in [0.05, 0.1) is 11.6 Å². The van der Waals surface area contributed by atoms with Gasteiger partial charge in [-0.3, -0.25) is 9.69 Å². The minimum absolute atomic E-state index is 0.0414. The molecule has 2 rings (SSSR count). The molecular weight excluding hydrogens is 252 g/mol. The van der Waals surface area contributed by atoms with Gasteiger partial charge in [-0.1, -0.05) is 31.0 Å². The molecule has 1 unspecified atom stereocenters. The molecule has 20 heavy (non-hydrogen) atoms. The zero-order valence-electron chi connectivity index (χ0n) is 12.3. The summed E-state index contributed by atoms with van der Waals surface area (Å²) >= 11 is 0. The highest BCUT2D eigenvalue weighted by Crippen LogP contribution is 2.30. The summed E-state index contributed by atoms with van der Waals surface area (Å²) in [4.78, 5) is 14.1. The molecule has 0 aliphatic heterocycles. The van der Waals surface area contributed by atoms with Crippen LogP contribution in [0, 0.1) is 0 Å². The van der Waals surface area contributed by atoms with Gasteiger partial charge in [-0.15, -0.1) is 0 Å². The number of benzene rings is 1. The molecule has 1 saturated carbocycles. The third kappa shape index (κ3) is 3.81. The summed E-state index contributed by atoms with van der Waals surface area (Å²) in [6, 6.07) is 9.18. The Morgan fingerprint density at radius 3 is 2.55 bits per heavy atom. The van der Waals surface area contributed by atoms with Gasteiger partial charge in [0.15, 0.2) is 0 Å². The normalized spacial score (nSPS) is 19.0. The van der Waals surface area contributed by atoms with E-state index in [4.69, 9.17) is 0 Å². The Bertz CT molecular complexity index is 441. The van der Waals surface area contributed by atoms with Crippen LogP contribution in [0.25, 0.3) is 0 Å². The van der Waals surface area contributed by atoms with Crippen molar-refractivity contribution >= 4 is 11.6 Å². The van der Waals surface area contributed by atoms with Crippen molar-refractivity contribution in [2.24, 2.45) is 0 Å². The molecule has 4 nitrogen and oxygen atoms in total. The maximum absolute atomic E-state index is 12.2. The van der Waals surface area contributed by atoms with E-state index in [2.05, 4.69) is 5.32 Å². The summed E-state index contributed by atoms with van der Waals surface area (Å²) < 4.78 is 0. The number of hydrogen-bond donors (Lipinski definition) is 2. The lowest BCUT2D eigenvalue weighted by atomic mass is 10.0. The van der Waals surface area contributed by atoms with Crippen molar-refractivity contribution in [3.05, 3.63) is 30.3 Å². The van der Waals surface area contributed by atoms with Gasteiger partial charge in [0, 0.05) is 12.2 Å². The van der Waals surface area contributed by atoms with Gasteiger partial charge in [0.2, 0.25) is 5.91 Å². The van der Waals surface area contributed by atoms with Crippen LogP contribution in [0.5, 0.6) is 0 Å². The van der Waals surface area contributed by atoms with E-state index in [1.807, 2.05) is 49.2 Å². The molecule has 0 radical (unpaired) electrons. The smallest absolute Gasteiger partial charge is 0.241 e. The van der Waals surface area contributed by atoms with Crippen molar-refractivity contribution in [3.63, 3.8) is 0 Å². The van der Waals surface area contributed by atoms with E-state index >= 15 is 0 Å². The number of para-hydroxylation sites is 1. The van der Waals surface area contributed by atoms with E-state index in [1.54, 1.807) is 0 Å². The third-order valence-corrected chi connectivity index (χ3v) is 4.16. The van der Waals surface area contributed by atoms with Crippen LogP contribution in [0.4, 0.5) is 5.69 Å². The molecule has 1 aliphatic carbocycles. The number of rotatable bonds is 5. The lowest BCUT2D eigenvalue weighted by Gasteiger charge is -2.31. The second-order valence-electron chi connectivity index (χ2n) is 5.88. The summed E-state index contributed by atoms with van der Waals surface area (Å²) in [5, 5.41) is 13.3. The van der Waals surface area contributed by atoms with E-state index < -0.39 is 5.60 Å². The molecule has 1 atom stereocenters. The quantitative estimate of drug-likeness (QED) is 0.867. The minimum atomic E-state index is -0.615. The standard InChI is InChI=1S/C16H24N2O2/c1-13(15(19)17-14-8-4-3-5-9-14)18(2)12-16(20)10-6-7-11-16/h3-5,8-9,13,20H,6-7,10-12H2,1-2H3,(H,17,19). The van der Waals surface area contributed by atoms with Crippen molar-refractivity contribution in [1.82, 2.24) is 4.90 Å². The van der Waals surface area contributed by atoms with E-state index in [0.717, 1.165) is 31.4 Å². The Kier molecular flexibility index (Phi) is 4.78. The number of aliphatic hydroxyl groups is 1. The maximum atomic E-state index is 12.2. The topological polar surface area (TPSA) is 52.6 Å². The van der Waals surface area contributed by atoms with Crippen LogP contribution in [0.3, 0.4) is 0 Å². The summed E-state index contributed by atoms with van der Waals surface area (Å²) in [6.07, 6.45) is 3.83. The third-order valence-electron chi connectivity index (χ3n) is 4.16. The van der Waals surface area contributed by atoms with Crippen LogP contribution >= 0.6 is 0 Å². The number of amides is 1. The first-order valence-corrected chi connectivity index (χ1v) is 7.29. The van der Waals surface area contributed by atoms with E-state index in [9.17, 15) is 9.90 Å². The van der Waals surface area contributed by atoms with E-state index in [1.165, 1.54) is 0 Å². The minimum Gasteiger partial charge on any atom is -0.389 e. The summed E-state index contributed by atoms with van der Waals surface area (Å²) in [5.41, 5.74) is 0.188. The van der Waals surface area contributed by atoms with Crippen molar-refractivity contribution < 1.29 is 9.90 Å². The SMILES string of the molecule is CC(C(=O)Nc1ccccc1)N(C)CC1(O)CCCC1. The van der Waals surface area contributed by atoms with Gasteiger partial charge in [-0.25, -0.2) is 0 Å². The second-order valence-corrected chi connectivity index (χ2v) is 5.88. The zero-order chi connectivity index (χ0) is 14.6. The van der Waals surface area contributed by atoms with Crippen LogP contribution in [0.2, 0.25) is 0 Å². The number of hydrogen-bond acceptors (Lipinski definition) is 3. The van der Waals surface area contributed by atoms with Crippen molar-refractivity contribution in [1.29, 1.82) is 0 Å². The highest BCUT2D eigenvalue weighted by molar-refractivity contribution is 5.94. The van der Waals surface area contributed by atoms with Gasteiger partial charge in [0.1, 0.15) is 0 Å². The highest BCUT2D eigenvalue weighted by atomic mass is 16.3. The van der Waals surface area contributed by atoms with Crippen LogP contribution < -0.4 is 5.32 Å². The molecule has 1 fully saturated rings. The van der Waals surface area contributed by atoms with Crippen LogP contribution in [0.15, 0.2) is 30.3 Å². The molecule has 1 aliphatic rings.